The molecular formula is C25H23ClF2N2O2. The maximum Gasteiger partial charge on any atom is 0.242 e. The Morgan fingerprint density at radius 1 is 0.938 bits per heavy atom. The van der Waals surface area contributed by atoms with Gasteiger partial charge in [-0.25, -0.2) is 8.78 Å². The lowest BCUT2D eigenvalue weighted by Crippen LogP contribution is -2.50. The maximum absolute atomic E-state index is 14.3. The second-order valence-corrected chi connectivity index (χ2v) is 7.75. The zero-order valence-corrected chi connectivity index (χ0v) is 18.3. The lowest BCUT2D eigenvalue weighted by atomic mass is 10.0. The van der Waals surface area contributed by atoms with Gasteiger partial charge in [0.25, 0.3) is 0 Å². The van der Waals surface area contributed by atoms with Gasteiger partial charge in [-0.1, -0.05) is 60.1 Å². The SMILES string of the molecule is CNC(=O)[C@@H](Cc1ccccc1)N(Cc1ccc(F)cc1)C(=O)Cc1c(F)cccc1Cl. The molecule has 4 nitrogen and oxygen atoms in total. The lowest BCUT2D eigenvalue weighted by molar-refractivity contribution is -0.140. The Bertz CT molecular complexity index is 1050. The van der Waals surface area contributed by atoms with Crippen molar-refractivity contribution in [2.45, 2.75) is 25.4 Å². The van der Waals surface area contributed by atoms with E-state index in [0.29, 0.717) is 5.56 Å². The predicted molar refractivity (Wildman–Crippen MR) is 120 cm³/mol. The van der Waals surface area contributed by atoms with Crippen LogP contribution in [0.4, 0.5) is 8.78 Å². The highest BCUT2D eigenvalue weighted by atomic mass is 35.5. The average Bonchev–Trinajstić information content (AvgIpc) is 2.80. The van der Waals surface area contributed by atoms with Gasteiger partial charge in [0.15, 0.2) is 0 Å². The fraction of sp³-hybridized carbons (Fsp3) is 0.200. The molecule has 3 rings (SSSR count). The van der Waals surface area contributed by atoms with Crippen molar-refractivity contribution < 1.29 is 18.4 Å². The van der Waals surface area contributed by atoms with Crippen LogP contribution in [0.5, 0.6) is 0 Å². The molecule has 0 fully saturated rings. The van der Waals surface area contributed by atoms with Crippen LogP contribution in [0.3, 0.4) is 0 Å². The zero-order valence-electron chi connectivity index (χ0n) is 17.5. The van der Waals surface area contributed by atoms with Crippen molar-refractivity contribution in [1.82, 2.24) is 10.2 Å². The normalized spacial score (nSPS) is 11.6. The molecule has 166 valence electrons. The van der Waals surface area contributed by atoms with Crippen molar-refractivity contribution in [2.24, 2.45) is 0 Å². The molecule has 2 amide bonds. The van der Waals surface area contributed by atoms with Gasteiger partial charge < -0.3 is 10.2 Å². The predicted octanol–water partition coefficient (Wildman–Crippen LogP) is 4.55. The Balaban J connectivity index is 1.97. The van der Waals surface area contributed by atoms with E-state index < -0.39 is 23.6 Å². The number of nitrogens with one attached hydrogen (secondary N) is 1. The summed E-state index contributed by atoms with van der Waals surface area (Å²) in [7, 11) is 1.49. The van der Waals surface area contributed by atoms with Gasteiger partial charge in [-0.3, -0.25) is 9.59 Å². The molecule has 3 aromatic carbocycles. The van der Waals surface area contributed by atoms with Crippen molar-refractivity contribution in [3.05, 3.63) is 106 Å². The molecule has 3 aromatic rings. The van der Waals surface area contributed by atoms with Crippen molar-refractivity contribution in [2.75, 3.05) is 7.05 Å². The molecule has 0 saturated heterocycles. The van der Waals surface area contributed by atoms with Gasteiger partial charge in [-0.2, -0.15) is 0 Å². The van der Waals surface area contributed by atoms with Gasteiger partial charge in [0.1, 0.15) is 17.7 Å². The summed E-state index contributed by atoms with van der Waals surface area (Å²) in [6.07, 6.45) is -0.0482. The molecule has 32 heavy (non-hydrogen) atoms. The minimum Gasteiger partial charge on any atom is -0.357 e. The summed E-state index contributed by atoms with van der Waals surface area (Å²) in [6.45, 7) is 0.0517. The van der Waals surface area contributed by atoms with Crippen LogP contribution >= 0.6 is 11.6 Å². The number of likely N-dealkylation sites (N-methyl/N-ethyl adjacent to an activating group) is 1. The van der Waals surface area contributed by atoms with Crippen LogP contribution in [0.2, 0.25) is 5.02 Å². The third-order valence-corrected chi connectivity index (χ3v) is 5.53. The zero-order chi connectivity index (χ0) is 23.1. The minimum absolute atomic E-state index is 0.0517. The van der Waals surface area contributed by atoms with E-state index in [0.717, 1.165) is 5.56 Å². The number of benzene rings is 3. The Labute approximate surface area is 190 Å². The van der Waals surface area contributed by atoms with Gasteiger partial charge in [0.05, 0.1) is 6.42 Å². The van der Waals surface area contributed by atoms with Crippen molar-refractivity contribution in [1.29, 1.82) is 0 Å². The first-order valence-electron chi connectivity index (χ1n) is 10.1. The van der Waals surface area contributed by atoms with Crippen LogP contribution in [0.25, 0.3) is 0 Å². The monoisotopic (exact) mass is 456 g/mol. The van der Waals surface area contributed by atoms with E-state index in [1.807, 2.05) is 30.3 Å². The van der Waals surface area contributed by atoms with Gasteiger partial charge in [0.2, 0.25) is 11.8 Å². The van der Waals surface area contributed by atoms with E-state index >= 15 is 0 Å². The second kappa shape index (κ2) is 10.9. The highest BCUT2D eigenvalue weighted by molar-refractivity contribution is 6.31. The van der Waals surface area contributed by atoms with Gasteiger partial charge in [-0.05, 0) is 35.4 Å². The summed E-state index contributed by atoms with van der Waals surface area (Å²) >= 11 is 6.12. The minimum atomic E-state index is -0.856. The molecule has 0 saturated carbocycles. The fourth-order valence-corrected chi connectivity index (χ4v) is 3.69. The molecule has 0 aromatic heterocycles. The average molecular weight is 457 g/mol. The first-order chi connectivity index (χ1) is 15.4. The number of hydrogen-bond acceptors (Lipinski definition) is 2. The van der Waals surface area contributed by atoms with Crippen LogP contribution in [0.1, 0.15) is 16.7 Å². The number of hydrogen-bond donors (Lipinski definition) is 1. The van der Waals surface area contributed by atoms with Crippen LogP contribution < -0.4 is 5.32 Å². The van der Waals surface area contributed by atoms with E-state index in [9.17, 15) is 18.4 Å². The molecule has 0 spiro atoms. The van der Waals surface area contributed by atoms with Crippen molar-refractivity contribution in [3.8, 4) is 0 Å². The van der Waals surface area contributed by atoms with E-state index in [1.54, 1.807) is 12.1 Å². The third-order valence-electron chi connectivity index (χ3n) is 5.17. The number of rotatable bonds is 8. The summed E-state index contributed by atoms with van der Waals surface area (Å²) in [4.78, 5) is 27.6. The molecule has 1 N–H and O–H groups in total. The fourth-order valence-electron chi connectivity index (χ4n) is 3.46. The van der Waals surface area contributed by atoms with Crippen LogP contribution in [0.15, 0.2) is 72.8 Å². The molecule has 0 aliphatic heterocycles. The summed E-state index contributed by atoms with van der Waals surface area (Å²) in [5, 5.41) is 2.75. The first kappa shape index (κ1) is 23.4. The third kappa shape index (κ3) is 5.92. The van der Waals surface area contributed by atoms with Crippen LogP contribution in [0, 0.1) is 11.6 Å². The largest absolute Gasteiger partial charge is 0.357 e. The standard InChI is InChI=1S/C25H23ClF2N2O2/c1-29-25(32)23(14-17-6-3-2-4-7-17)30(16-18-10-12-19(27)13-11-18)24(31)15-20-21(26)8-5-9-22(20)28/h2-13,23H,14-16H2,1H3,(H,29,32)/t23-/m1/s1. The quantitative estimate of drug-likeness (QED) is 0.540. The van der Waals surface area contributed by atoms with Crippen molar-refractivity contribution >= 4 is 23.4 Å². The number of halogens is 3. The van der Waals surface area contributed by atoms with Crippen LogP contribution in [-0.2, 0) is 29.0 Å². The maximum atomic E-state index is 14.3. The molecular weight excluding hydrogens is 434 g/mol. The van der Waals surface area contributed by atoms with Gasteiger partial charge in [-0.15, -0.1) is 0 Å². The Hall–Kier alpha value is -3.25. The van der Waals surface area contributed by atoms with E-state index in [2.05, 4.69) is 5.32 Å². The Kier molecular flexibility index (Phi) is 7.95. The summed E-state index contributed by atoms with van der Waals surface area (Å²) in [5.74, 6) is -1.82. The molecule has 0 aliphatic carbocycles. The molecule has 0 radical (unpaired) electrons. The molecule has 0 aliphatic rings. The topological polar surface area (TPSA) is 49.4 Å². The summed E-state index contributed by atoms with van der Waals surface area (Å²) < 4.78 is 27.7. The second-order valence-electron chi connectivity index (χ2n) is 7.34. The highest BCUT2D eigenvalue weighted by Gasteiger charge is 2.30. The number of carbonyl (C=O) groups is 2. The number of carbonyl (C=O) groups excluding carboxylic acids is 2. The first-order valence-corrected chi connectivity index (χ1v) is 10.5. The smallest absolute Gasteiger partial charge is 0.242 e. The number of amides is 2. The number of nitrogens with zero attached hydrogens (tertiary/aromatic N) is 1. The highest BCUT2D eigenvalue weighted by Crippen LogP contribution is 2.22. The summed E-state index contributed by atoms with van der Waals surface area (Å²) in [6, 6.07) is 18.3. The molecule has 0 bridgehead atoms. The van der Waals surface area contributed by atoms with Gasteiger partial charge >= 0.3 is 0 Å². The van der Waals surface area contributed by atoms with E-state index in [1.165, 1.54) is 42.3 Å². The molecule has 0 heterocycles. The Morgan fingerprint density at radius 2 is 1.62 bits per heavy atom. The summed E-state index contributed by atoms with van der Waals surface area (Å²) in [5.41, 5.74) is 1.57. The van der Waals surface area contributed by atoms with E-state index in [-0.39, 0.29) is 35.9 Å². The molecule has 1 atom stereocenters. The molecule has 0 unspecified atom stereocenters. The van der Waals surface area contributed by atoms with Crippen LogP contribution in [-0.4, -0.2) is 29.8 Å². The molecule has 7 heteroatoms. The lowest BCUT2D eigenvalue weighted by Gasteiger charge is -2.31. The van der Waals surface area contributed by atoms with Crippen molar-refractivity contribution in [3.63, 3.8) is 0 Å². The Morgan fingerprint density at radius 3 is 2.25 bits per heavy atom. The van der Waals surface area contributed by atoms with Gasteiger partial charge in [0, 0.05) is 30.6 Å². The van der Waals surface area contributed by atoms with E-state index in [4.69, 9.17) is 11.6 Å².